The SMILES string of the molecule is O=C(CNC(=O)c1cccnc1SCc1ccc(F)cc1)Nc1ccc(F)c(F)c1F. The van der Waals surface area contributed by atoms with E-state index >= 15 is 0 Å². The van der Waals surface area contributed by atoms with Crippen molar-refractivity contribution >= 4 is 29.3 Å². The van der Waals surface area contributed by atoms with Crippen LogP contribution < -0.4 is 10.6 Å². The third kappa shape index (κ3) is 5.82. The first-order valence-corrected chi connectivity index (χ1v) is 9.87. The maximum atomic E-state index is 13.6. The second-order valence-corrected chi connectivity index (χ2v) is 7.19. The summed E-state index contributed by atoms with van der Waals surface area (Å²) in [5.41, 5.74) is 0.493. The highest BCUT2D eigenvalue weighted by molar-refractivity contribution is 7.98. The molecule has 1 aromatic heterocycles. The summed E-state index contributed by atoms with van der Waals surface area (Å²) in [7, 11) is 0. The largest absolute Gasteiger partial charge is 0.343 e. The average Bonchev–Trinajstić information content (AvgIpc) is 2.77. The van der Waals surface area contributed by atoms with E-state index in [0.29, 0.717) is 16.8 Å². The fourth-order valence-corrected chi connectivity index (χ4v) is 3.43. The lowest BCUT2D eigenvalue weighted by molar-refractivity contribution is -0.115. The Balaban J connectivity index is 1.60. The normalized spacial score (nSPS) is 10.6. The first kappa shape index (κ1) is 22.3. The smallest absolute Gasteiger partial charge is 0.254 e. The maximum absolute atomic E-state index is 13.6. The predicted molar refractivity (Wildman–Crippen MR) is 107 cm³/mol. The number of nitrogens with one attached hydrogen (secondary N) is 2. The fraction of sp³-hybridized carbons (Fsp3) is 0.0952. The number of carbonyl (C=O) groups is 2. The topological polar surface area (TPSA) is 71.1 Å². The van der Waals surface area contributed by atoms with Crippen LogP contribution in [0.2, 0.25) is 0 Å². The second kappa shape index (κ2) is 10.1. The van der Waals surface area contributed by atoms with Gasteiger partial charge in [-0.25, -0.2) is 22.5 Å². The first-order valence-electron chi connectivity index (χ1n) is 8.89. The minimum Gasteiger partial charge on any atom is -0.343 e. The van der Waals surface area contributed by atoms with Crippen molar-refractivity contribution in [1.82, 2.24) is 10.3 Å². The molecule has 31 heavy (non-hydrogen) atoms. The summed E-state index contributed by atoms with van der Waals surface area (Å²) >= 11 is 1.25. The molecule has 1 heterocycles. The Labute approximate surface area is 178 Å². The molecule has 2 aromatic carbocycles. The van der Waals surface area contributed by atoms with Gasteiger partial charge in [-0.3, -0.25) is 9.59 Å². The van der Waals surface area contributed by atoms with Gasteiger partial charge in [0.1, 0.15) is 10.8 Å². The summed E-state index contributed by atoms with van der Waals surface area (Å²) in [5.74, 6) is -5.98. The van der Waals surface area contributed by atoms with Gasteiger partial charge in [-0.15, -0.1) is 11.8 Å². The minimum absolute atomic E-state index is 0.210. The van der Waals surface area contributed by atoms with Crippen LogP contribution in [0.1, 0.15) is 15.9 Å². The molecule has 0 fully saturated rings. The van der Waals surface area contributed by atoms with E-state index in [1.807, 2.05) is 0 Å². The van der Waals surface area contributed by atoms with Crippen molar-refractivity contribution in [2.75, 3.05) is 11.9 Å². The molecule has 0 spiro atoms. The van der Waals surface area contributed by atoms with E-state index in [1.54, 1.807) is 18.2 Å². The number of amides is 2. The number of halogens is 4. The van der Waals surface area contributed by atoms with Crippen LogP contribution in [0.15, 0.2) is 59.8 Å². The molecule has 10 heteroatoms. The summed E-state index contributed by atoms with van der Waals surface area (Å²) < 4.78 is 52.8. The number of carbonyl (C=O) groups excluding carboxylic acids is 2. The minimum atomic E-state index is -1.71. The Bertz CT molecular complexity index is 1110. The Morgan fingerprint density at radius 3 is 2.42 bits per heavy atom. The van der Waals surface area contributed by atoms with Gasteiger partial charge in [-0.05, 0) is 42.0 Å². The van der Waals surface area contributed by atoms with Crippen LogP contribution in [-0.2, 0) is 10.5 Å². The predicted octanol–water partition coefficient (Wildman–Crippen LogP) is 4.30. The van der Waals surface area contributed by atoms with Crippen molar-refractivity contribution in [3.8, 4) is 0 Å². The van der Waals surface area contributed by atoms with E-state index < -0.39 is 41.5 Å². The molecule has 0 unspecified atom stereocenters. The van der Waals surface area contributed by atoms with Crippen molar-refractivity contribution in [2.45, 2.75) is 10.8 Å². The lowest BCUT2D eigenvalue weighted by Gasteiger charge is -2.10. The molecule has 5 nitrogen and oxygen atoms in total. The number of thioether (sulfide) groups is 1. The van der Waals surface area contributed by atoms with Crippen molar-refractivity contribution in [3.05, 3.63) is 89.1 Å². The summed E-state index contributed by atoms with van der Waals surface area (Å²) in [5, 5.41) is 4.83. The van der Waals surface area contributed by atoms with E-state index in [2.05, 4.69) is 15.6 Å². The molecule has 0 bridgehead atoms. The van der Waals surface area contributed by atoms with Gasteiger partial charge >= 0.3 is 0 Å². The monoisotopic (exact) mass is 449 g/mol. The van der Waals surface area contributed by atoms with Crippen LogP contribution in [0.4, 0.5) is 23.2 Å². The van der Waals surface area contributed by atoms with Gasteiger partial charge in [0.25, 0.3) is 5.91 Å². The highest BCUT2D eigenvalue weighted by Gasteiger charge is 2.17. The highest BCUT2D eigenvalue weighted by Crippen LogP contribution is 2.24. The molecule has 0 saturated heterocycles. The molecule has 0 saturated carbocycles. The van der Waals surface area contributed by atoms with Gasteiger partial charge in [0.15, 0.2) is 17.5 Å². The van der Waals surface area contributed by atoms with E-state index in [9.17, 15) is 27.2 Å². The summed E-state index contributed by atoms with van der Waals surface area (Å²) in [6.45, 7) is -0.534. The molecule has 0 aliphatic carbocycles. The van der Waals surface area contributed by atoms with Crippen molar-refractivity contribution < 1.29 is 27.2 Å². The standard InChI is InChI=1S/C21H15F4N3O2S/c22-13-5-3-12(4-6-13)11-31-21-14(2-1-9-26-21)20(30)27-10-17(29)28-16-8-7-15(23)18(24)19(16)25/h1-9H,10-11H2,(H,27,30)(H,28,29). The van der Waals surface area contributed by atoms with Gasteiger partial charge in [0.05, 0.1) is 17.8 Å². The molecule has 160 valence electrons. The third-order valence-corrected chi connectivity index (χ3v) is 5.10. The molecule has 2 N–H and O–H groups in total. The molecule has 0 aliphatic heterocycles. The van der Waals surface area contributed by atoms with E-state index in [0.717, 1.165) is 11.6 Å². The average molecular weight is 449 g/mol. The Morgan fingerprint density at radius 1 is 0.935 bits per heavy atom. The molecule has 0 atom stereocenters. The van der Waals surface area contributed by atoms with Crippen LogP contribution >= 0.6 is 11.8 Å². The van der Waals surface area contributed by atoms with Gasteiger partial charge in [-0.1, -0.05) is 12.1 Å². The number of benzene rings is 2. The first-order chi connectivity index (χ1) is 14.8. The lowest BCUT2D eigenvalue weighted by atomic mass is 10.2. The van der Waals surface area contributed by atoms with Crippen molar-refractivity contribution in [1.29, 1.82) is 0 Å². The number of pyridine rings is 1. The van der Waals surface area contributed by atoms with Crippen molar-refractivity contribution in [2.24, 2.45) is 0 Å². The Hall–Kier alpha value is -3.40. The van der Waals surface area contributed by atoms with E-state index in [1.165, 1.54) is 36.2 Å². The summed E-state index contributed by atoms with van der Waals surface area (Å²) in [6, 6.07) is 10.5. The highest BCUT2D eigenvalue weighted by atomic mass is 32.2. The van der Waals surface area contributed by atoms with Crippen LogP contribution in [0, 0.1) is 23.3 Å². The van der Waals surface area contributed by atoms with Gasteiger partial charge in [0.2, 0.25) is 5.91 Å². The van der Waals surface area contributed by atoms with E-state index in [-0.39, 0.29) is 11.4 Å². The zero-order valence-electron chi connectivity index (χ0n) is 15.8. The van der Waals surface area contributed by atoms with Crippen LogP contribution in [0.5, 0.6) is 0 Å². The molecular weight excluding hydrogens is 434 g/mol. The number of aromatic nitrogens is 1. The zero-order valence-corrected chi connectivity index (χ0v) is 16.6. The quantitative estimate of drug-likeness (QED) is 0.321. The Kier molecular flexibility index (Phi) is 7.24. The fourth-order valence-electron chi connectivity index (χ4n) is 2.48. The molecular formula is C21H15F4N3O2S. The summed E-state index contributed by atoms with van der Waals surface area (Å²) in [4.78, 5) is 28.6. The number of nitrogens with zero attached hydrogens (tertiary/aromatic N) is 1. The van der Waals surface area contributed by atoms with Gasteiger partial charge in [-0.2, -0.15) is 0 Å². The molecule has 3 rings (SSSR count). The van der Waals surface area contributed by atoms with Crippen molar-refractivity contribution in [3.63, 3.8) is 0 Å². The maximum Gasteiger partial charge on any atom is 0.254 e. The van der Waals surface area contributed by atoms with E-state index in [4.69, 9.17) is 0 Å². The van der Waals surface area contributed by atoms with Crippen LogP contribution in [0.3, 0.4) is 0 Å². The number of anilines is 1. The second-order valence-electron chi connectivity index (χ2n) is 6.23. The Morgan fingerprint density at radius 2 is 1.68 bits per heavy atom. The number of hydrogen-bond donors (Lipinski definition) is 2. The van der Waals surface area contributed by atoms with Crippen LogP contribution in [-0.4, -0.2) is 23.3 Å². The molecule has 0 aliphatic rings. The van der Waals surface area contributed by atoms with Gasteiger partial charge in [0, 0.05) is 11.9 Å². The van der Waals surface area contributed by atoms with Gasteiger partial charge < -0.3 is 10.6 Å². The molecule has 3 aromatic rings. The third-order valence-electron chi connectivity index (χ3n) is 4.02. The number of hydrogen-bond acceptors (Lipinski definition) is 4. The van der Waals surface area contributed by atoms with Crippen LogP contribution in [0.25, 0.3) is 0 Å². The summed E-state index contributed by atoms with van der Waals surface area (Å²) in [6.07, 6.45) is 1.50. The molecule has 2 amide bonds. The molecule has 0 radical (unpaired) electrons. The lowest BCUT2D eigenvalue weighted by Crippen LogP contribution is -2.33. The number of rotatable bonds is 7. The zero-order chi connectivity index (χ0) is 22.4.